The maximum atomic E-state index is 12.9. The summed E-state index contributed by atoms with van der Waals surface area (Å²) in [6.07, 6.45) is 12.5. The largest absolute Gasteiger partial charge is 0.505 e. The summed E-state index contributed by atoms with van der Waals surface area (Å²) in [5, 5.41) is 10.8. The number of fused-ring (bicyclic) bond motifs is 5. The molecular weight excluding hydrogens is 408 g/mol. The average Bonchev–Trinajstić information content (AvgIpc) is 3.06. The maximum Gasteiger partial charge on any atom is 0.202 e. The number of hydrogen-bond acceptors (Lipinski definition) is 3. The number of carbonyl (C=O) groups is 1. The van der Waals surface area contributed by atoms with Crippen LogP contribution in [0, 0.1) is 56.2 Å². The summed E-state index contributed by atoms with van der Waals surface area (Å²) >= 11 is 0. The monoisotopic (exact) mass is 454 g/mol. The van der Waals surface area contributed by atoms with Crippen molar-refractivity contribution in [3.05, 3.63) is 11.8 Å². The van der Waals surface area contributed by atoms with Gasteiger partial charge in [0.1, 0.15) is 0 Å². The van der Waals surface area contributed by atoms with Crippen molar-refractivity contribution < 1.29 is 14.6 Å². The summed E-state index contributed by atoms with van der Waals surface area (Å²) in [6, 6.07) is 0. The molecule has 9 atom stereocenters. The van der Waals surface area contributed by atoms with E-state index in [1.54, 1.807) is 0 Å². The van der Waals surface area contributed by atoms with Gasteiger partial charge in [-0.25, -0.2) is 0 Å². The molecule has 4 saturated carbocycles. The van der Waals surface area contributed by atoms with Crippen LogP contribution < -0.4 is 0 Å². The maximum absolute atomic E-state index is 12.9. The molecule has 1 N–H and O–H groups in total. The van der Waals surface area contributed by atoms with Gasteiger partial charge in [0.15, 0.2) is 5.76 Å². The van der Waals surface area contributed by atoms with Crippen molar-refractivity contribution in [1.82, 2.24) is 0 Å². The number of hydrogen-bond donors (Lipinski definition) is 1. The molecule has 6 aliphatic rings. The molecule has 3 heteroatoms. The molecule has 1 aliphatic heterocycles. The Morgan fingerprint density at radius 1 is 0.848 bits per heavy atom. The van der Waals surface area contributed by atoms with Crippen LogP contribution in [0.5, 0.6) is 0 Å². The number of carbonyl (C=O) groups excluding carboxylic acids is 1. The Balaban J connectivity index is 1.43. The predicted molar refractivity (Wildman–Crippen MR) is 131 cm³/mol. The zero-order valence-corrected chi connectivity index (χ0v) is 22.1. The second-order valence-electron chi connectivity index (χ2n) is 15.2. The number of aliphatic hydroxyl groups is 1. The topological polar surface area (TPSA) is 46.5 Å². The minimum atomic E-state index is -0.483. The van der Waals surface area contributed by atoms with Crippen LogP contribution in [0.25, 0.3) is 0 Å². The Hall–Kier alpha value is -0.830. The SMILES string of the molecule is CC1(C)CC[C@]23CC[C@]4(C)[C@H](CC[C@@H]5[C@@]6(C)C=C(O)C(=O)C(C)(C)[C@@H]6CC[C@]54C)[C@H]2[C@H]1OC3. The third-order valence-electron chi connectivity index (χ3n) is 13.4. The molecule has 0 aromatic heterocycles. The Bertz CT molecular complexity index is 931. The fourth-order valence-electron chi connectivity index (χ4n) is 11.4. The fraction of sp³-hybridized carbons (Fsp3) is 0.900. The van der Waals surface area contributed by atoms with Gasteiger partial charge in [-0.05, 0) is 108 Å². The van der Waals surface area contributed by atoms with E-state index in [-0.39, 0.29) is 27.8 Å². The van der Waals surface area contributed by atoms with Crippen molar-refractivity contribution in [2.45, 2.75) is 106 Å². The van der Waals surface area contributed by atoms with Gasteiger partial charge in [-0.1, -0.05) is 48.5 Å². The predicted octanol–water partition coefficient (Wildman–Crippen LogP) is 7.11. The molecule has 33 heavy (non-hydrogen) atoms. The number of Topliss-reactive ketones (excluding diaryl/α,β-unsaturated/α-hetero) is 1. The van der Waals surface area contributed by atoms with E-state index in [0.29, 0.717) is 34.7 Å². The summed E-state index contributed by atoms with van der Waals surface area (Å²) in [6.45, 7) is 17.7. The third kappa shape index (κ3) is 2.44. The first kappa shape index (κ1) is 22.6. The van der Waals surface area contributed by atoms with Gasteiger partial charge in [-0.3, -0.25) is 4.79 Å². The molecule has 5 aliphatic carbocycles. The van der Waals surface area contributed by atoms with Crippen molar-refractivity contribution in [3.8, 4) is 0 Å². The van der Waals surface area contributed by atoms with Crippen molar-refractivity contribution in [2.24, 2.45) is 56.2 Å². The zero-order chi connectivity index (χ0) is 23.8. The van der Waals surface area contributed by atoms with E-state index in [9.17, 15) is 9.90 Å². The summed E-state index contributed by atoms with van der Waals surface area (Å²) in [5.41, 5.74) is 0.644. The molecule has 5 fully saturated rings. The van der Waals surface area contributed by atoms with Crippen LogP contribution in [0.2, 0.25) is 0 Å². The lowest BCUT2D eigenvalue weighted by Gasteiger charge is -2.72. The Morgan fingerprint density at radius 2 is 1.55 bits per heavy atom. The first-order chi connectivity index (χ1) is 15.2. The molecule has 0 radical (unpaired) electrons. The highest BCUT2D eigenvalue weighted by atomic mass is 16.5. The molecule has 0 spiro atoms. The first-order valence-corrected chi connectivity index (χ1v) is 13.8. The number of rotatable bonds is 0. The Labute approximate surface area is 201 Å². The third-order valence-corrected chi connectivity index (χ3v) is 13.4. The molecular formula is C30H46O3. The molecule has 0 amide bonds. The highest BCUT2D eigenvalue weighted by Crippen LogP contribution is 2.77. The standard InChI is InChI=1S/C30H46O3/c1-25(2)12-14-30-15-13-28(6)18(22(30)24(25)33-17-30)8-9-21-27(5)16-19(31)23(32)26(3,4)20(27)10-11-29(21,28)7/h16,18,20-22,24,31H,8-15,17H2,1-7H3/t18-,20+,21-,22+,24-,27+,28-,29-,30-/m1/s1. The molecule has 1 heterocycles. The van der Waals surface area contributed by atoms with Crippen LogP contribution in [0.1, 0.15) is 99.8 Å². The van der Waals surface area contributed by atoms with Gasteiger partial charge >= 0.3 is 0 Å². The van der Waals surface area contributed by atoms with Crippen molar-refractivity contribution >= 4 is 5.78 Å². The lowest BCUT2D eigenvalue weighted by molar-refractivity contribution is -0.227. The van der Waals surface area contributed by atoms with Gasteiger partial charge in [-0.15, -0.1) is 0 Å². The smallest absolute Gasteiger partial charge is 0.202 e. The van der Waals surface area contributed by atoms with Crippen LogP contribution in [0.4, 0.5) is 0 Å². The van der Waals surface area contributed by atoms with Crippen LogP contribution in [-0.2, 0) is 9.53 Å². The van der Waals surface area contributed by atoms with Crippen molar-refractivity contribution in [1.29, 1.82) is 0 Å². The first-order valence-electron chi connectivity index (χ1n) is 13.8. The molecule has 0 unspecified atom stereocenters. The normalized spacial score (nSPS) is 56.2. The van der Waals surface area contributed by atoms with Gasteiger partial charge < -0.3 is 9.84 Å². The van der Waals surface area contributed by atoms with Gasteiger partial charge in [0.25, 0.3) is 0 Å². The Kier molecular flexibility index (Phi) is 4.31. The van der Waals surface area contributed by atoms with Gasteiger partial charge in [0, 0.05) is 5.41 Å². The zero-order valence-electron chi connectivity index (χ0n) is 22.1. The van der Waals surface area contributed by atoms with Crippen LogP contribution in [-0.4, -0.2) is 23.6 Å². The summed E-state index contributed by atoms with van der Waals surface area (Å²) in [4.78, 5) is 12.9. The fourth-order valence-corrected chi connectivity index (χ4v) is 11.4. The lowest BCUT2D eigenvalue weighted by Crippen LogP contribution is -2.67. The highest BCUT2D eigenvalue weighted by Gasteiger charge is 2.72. The van der Waals surface area contributed by atoms with E-state index in [1.807, 2.05) is 6.08 Å². The Morgan fingerprint density at radius 3 is 2.27 bits per heavy atom. The molecule has 3 nitrogen and oxygen atoms in total. The second kappa shape index (κ2) is 6.29. The van der Waals surface area contributed by atoms with Crippen molar-refractivity contribution in [2.75, 3.05) is 6.61 Å². The summed E-state index contributed by atoms with van der Waals surface area (Å²) < 4.78 is 6.67. The number of allylic oxidation sites excluding steroid dienone is 2. The quantitative estimate of drug-likeness (QED) is 0.424. The minimum absolute atomic E-state index is 0.0262. The highest BCUT2D eigenvalue weighted by molar-refractivity contribution is 5.98. The van der Waals surface area contributed by atoms with Gasteiger partial charge in [-0.2, -0.15) is 0 Å². The van der Waals surface area contributed by atoms with E-state index >= 15 is 0 Å². The molecule has 0 aromatic rings. The van der Waals surface area contributed by atoms with Gasteiger partial charge in [0.2, 0.25) is 5.78 Å². The van der Waals surface area contributed by atoms with E-state index in [1.165, 1.54) is 44.9 Å². The minimum Gasteiger partial charge on any atom is -0.505 e. The van der Waals surface area contributed by atoms with Crippen LogP contribution >= 0.6 is 0 Å². The molecule has 184 valence electrons. The van der Waals surface area contributed by atoms with E-state index in [4.69, 9.17) is 4.74 Å². The number of aliphatic hydroxyl groups excluding tert-OH is 1. The van der Waals surface area contributed by atoms with Gasteiger partial charge in [0.05, 0.1) is 12.7 Å². The summed E-state index contributed by atoms with van der Waals surface area (Å²) in [5.74, 6) is 2.25. The van der Waals surface area contributed by atoms with E-state index < -0.39 is 5.41 Å². The number of ketones is 1. The van der Waals surface area contributed by atoms with Crippen LogP contribution in [0.3, 0.4) is 0 Å². The average molecular weight is 455 g/mol. The van der Waals surface area contributed by atoms with E-state index in [0.717, 1.165) is 18.9 Å². The molecule has 6 rings (SSSR count). The molecule has 2 bridgehead atoms. The van der Waals surface area contributed by atoms with Crippen molar-refractivity contribution in [3.63, 3.8) is 0 Å². The number of ether oxygens (including phenoxy) is 1. The molecule has 1 saturated heterocycles. The second-order valence-corrected chi connectivity index (χ2v) is 15.2. The lowest BCUT2D eigenvalue weighted by atomic mass is 9.32. The van der Waals surface area contributed by atoms with E-state index in [2.05, 4.69) is 48.5 Å². The summed E-state index contributed by atoms with van der Waals surface area (Å²) in [7, 11) is 0. The van der Waals surface area contributed by atoms with Crippen LogP contribution in [0.15, 0.2) is 11.8 Å². The molecule has 0 aromatic carbocycles.